The van der Waals surface area contributed by atoms with Crippen LogP contribution in [-0.2, 0) is 9.59 Å². The summed E-state index contributed by atoms with van der Waals surface area (Å²) in [6.45, 7) is -0.628. The van der Waals surface area contributed by atoms with Crippen LogP contribution in [0.5, 0.6) is 0 Å². The summed E-state index contributed by atoms with van der Waals surface area (Å²) in [7, 11) is 0. The molecule has 0 spiro atoms. The maximum absolute atomic E-state index is 11.0. The van der Waals surface area contributed by atoms with E-state index in [-0.39, 0.29) is 6.54 Å². The molecule has 14 heavy (non-hydrogen) atoms. The molecule has 0 fully saturated rings. The maximum atomic E-state index is 11.0. The van der Waals surface area contributed by atoms with E-state index >= 15 is 0 Å². The van der Waals surface area contributed by atoms with Gasteiger partial charge in [-0.25, -0.2) is 0 Å². The van der Waals surface area contributed by atoms with Gasteiger partial charge in [0.1, 0.15) is 0 Å². The van der Waals surface area contributed by atoms with Crippen molar-refractivity contribution in [2.45, 2.75) is 18.6 Å². The molecule has 0 aliphatic rings. The Balaban J connectivity index is 3.78. The second kappa shape index (κ2) is 6.30. The molecule has 7 nitrogen and oxygen atoms in total. The van der Waals surface area contributed by atoms with Crippen LogP contribution >= 0.6 is 0 Å². The number of amides is 1. The molecule has 0 aromatic carbocycles. The molecule has 82 valence electrons. The number of carbonyl (C=O) groups is 2. The van der Waals surface area contributed by atoms with Crippen molar-refractivity contribution >= 4 is 11.9 Å². The first-order valence-electron chi connectivity index (χ1n) is 4.01. The molecule has 0 aromatic rings. The second-order valence-corrected chi connectivity index (χ2v) is 2.79. The average Bonchev–Trinajstić information content (AvgIpc) is 2.12. The Morgan fingerprint density at radius 2 is 2.00 bits per heavy atom. The molecule has 0 saturated carbocycles. The highest BCUT2D eigenvalue weighted by Gasteiger charge is 2.17. The molecule has 1 unspecified atom stereocenters. The SMILES string of the molecule is N[C@@H](CC(=O)O)C(=O)NCC(O)CO. The Labute approximate surface area is 80.5 Å². The lowest BCUT2D eigenvalue weighted by Gasteiger charge is -2.12. The monoisotopic (exact) mass is 206 g/mol. The number of carboxylic acids is 1. The van der Waals surface area contributed by atoms with Crippen molar-refractivity contribution in [3.8, 4) is 0 Å². The van der Waals surface area contributed by atoms with E-state index in [2.05, 4.69) is 5.32 Å². The smallest absolute Gasteiger partial charge is 0.305 e. The first kappa shape index (κ1) is 12.8. The van der Waals surface area contributed by atoms with Crippen molar-refractivity contribution in [2.75, 3.05) is 13.2 Å². The molecular weight excluding hydrogens is 192 g/mol. The van der Waals surface area contributed by atoms with E-state index in [9.17, 15) is 9.59 Å². The second-order valence-electron chi connectivity index (χ2n) is 2.79. The van der Waals surface area contributed by atoms with Gasteiger partial charge in [-0.3, -0.25) is 9.59 Å². The molecule has 1 amide bonds. The van der Waals surface area contributed by atoms with E-state index in [0.29, 0.717) is 0 Å². The average molecular weight is 206 g/mol. The zero-order valence-corrected chi connectivity index (χ0v) is 7.51. The lowest BCUT2D eigenvalue weighted by atomic mass is 10.2. The van der Waals surface area contributed by atoms with Crippen LogP contribution < -0.4 is 11.1 Å². The number of hydrogen-bond acceptors (Lipinski definition) is 5. The summed E-state index contributed by atoms with van der Waals surface area (Å²) < 4.78 is 0. The number of aliphatic hydroxyl groups is 2. The van der Waals surface area contributed by atoms with Gasteiger partial charge in [0.15, 0.2) is 0 Å². The van der Waals surface area contributed by atoms with Gasteiger partial charge in [-0.15, -0.1) is 0 Å². The van der Waals surface area contributed by atoms with Crippen molar-refractivity contribution in [3.63, 3.8) is 0 Å². The van der Waals surface area contributed by atoms with Crippen LogP contribution in [0.3, 0.4) is 0 Å². The van der Waals surface area contributed by atoms with Crippen LogP contribution in [-0.4, -0.2) is 52.5 Å². The number of carboxylic acid groups (broad SMARTS) is 1. The molecule has 0 rings (SSSR count). The highest BCUT2D eigenvalue weighted by atomic mass is 16.4. The molecule has 7 heteroatoms. The predicted molar refractivity (Wildman–Crippen MR) is 46.3 cm³/mol. The standard InChI is InChI=1S/C7H14N2O5/c8-5(1-6(12)13)7(14)9-2-4(11)3-10/h4-5,10-11H,1-3,8H2,(H,9,14)(H,12,13)/t4?,5-/m0/s1. The third-order valence-electron chi connectivity index (χ3n) is 1.45. The molecule has 2 atom stereocenters. The lowest BCUT2D eigenvalue weighted by molar-refractivity contribution is -0.139. The Kier molecular flexibility index (Phi) is 5.77. The molecular formula is C7H14N2O5. The minimum Gasteiger partial charge on any atom is -0.481 e. The topological polar surface area (TPSA) is 133 Å². The van der Waals surface area contributed by atoms with E-state index in [4.69, 9.17) is 21.1 Å². The van der Waals surface area contributed by atoms with Gasteiger partial charge in [0.05, 0.1) is 25.2 Å². The number of nitrogens with one attached hydrogen (secondary N) is 1. The Morgan fingerprint density at radius 1 is 1.43 bits per heavy atom. The van der Waals surface area contributed by atoms with E-state index in [1.807, 2.05) is 0 Å². The van der Waals surface area contributed by atoms with Crippen LogP contribution in [0.25, 0.3) is 0 Å². The van der Waals surface area contributed by atoms with Crippen LogP contribution in [0.15, 0.2) is 0 Å². The van der Waals surface area contributed by atoms with Crippen LogP contribution in [0, 0.1) is 0 Å². The normalized spacial score (nSPS) is 14.5. The van der Waals surface area contributed by atoms with Crippen LogP contribution in [0.1, 0.15) is 6.42 Å². The molecule has 0 radical (unpaired) electrons. The first-order chi connectivity index (χ1) is 6.47. The fraction of sp³-hybridized carbons (Fsp3) is 0.714. The predicted octanol–water partition coefficient (Wildman–Crippen LogP) is -2.74. The van der Waals surface area contributed by atoms with Gasteiger partial charge in [0, 0.05) is 6.54 Å². The van der Waals surface area contributed by atoms with Crippen LogP contribution in [0.4, 0.5) is 0 Å². The van der Waals surface area contributed by atoms with Gasteiger partial charge in [-0.2, -0.15) is 0 Å². The molecule has 0 aliphatic heterocycles. The Morgan fingerprint density at radius 3 is 2.43 bits per heavy atom. The molecule has 0 aliphatic carbocycles. The largest absolute Gasteiger partial charge is 0.481 e. The number of nitrogens with two attached hydrogens (primary N) is 1. The van der Waals surface area contributed by atoms with Gasteiger partial charge < -0.3 is 26.4 Å². The third kappa shape index (κ3) is 5.46. The van der Waals surface area contributed by atoms with Gasteiger partial charge >= 0.3 is 5.97 Å². The van der Waals surface area contributed by atoms with Crippen molar-refractivity contribution in [2.24, 2.45) is 5.73 Å². The van der Waals surface area contributed by atoms with E-state index < -0.39 is 37.0 Å². The zero-order valence-electron chi connectivity index (χ0n) is 7.51. The number of rotatable bonds is 6. The van der Waals surface area contributed by atoms with E-state index in [0.717, 1.165) is 0 Å². The van der Waals surface area contributed by atoms with Gasteiger partial charge in [-0.05, 0) is 0 Å². The van der Waals surface area contributed by atoms with E-state index in [1.54, 1.807) is 0 Å². The van der Waals surface area contributed by atoms with E-state index in [1.165, 1.54) is 0 Å². The highest BCUT2D eigenvalue weighted by Crippen LogP contribution is 1.88. The summed E-state index contributed by atoms with van der Waals surface area (Å²) in [6.07, 6.45) is -1.53. The number of carbonyl (C=O) groups excluding carboxylic acids is 1. The number of aliphatic carboxylic acids is 1. The summed E-state index contributed by atoms with van der Waals surface area (Å²) in [4.78, 5) is 21.2. The number of aliphatic hydroxyl groups excluding tert-OH is 2. The first-order valence-corrected chi connectivity index (χ1v) is 4.01. The lowest BCUT2D eigenvalue weighted by Crippen LogP contribution is -2.45. The zero-order chi connectivity index (χ0) is 11.1. The van der Waals surface area contributed by atoms with Crippen molar-refractivity contribution in [1.29, 1.82) is 0 Å². The Hall–Kier alpha value is -1.18. The minimum absolute atomic E-state index is 0.150. The summed E-state index contributed by atoms with van der Waals surface area (Å²) in [6, 6.07) is -1.14. The molecule has 0 saturated heterocycles. The highest BCUT2D eigenvalue weighted by molar-refractivity contribution is 5.85. The van der Waals surface area contributed by atoms with Gasteiger partial charge in [-0.1, -0.05) is 0 Å². The van der Waals surface area contributed by atoms with Crippen molar-refractivity contribution in [3.05, 3.63) is 0 Å². The quantitative estimate of drug-likeness (QED) is 0.320. The summed E-state index contributed by atoms with van der Waals surface area (Å²) >= 11 is 0. The number of hydrogen-bond donors (Lipinski definition) is 5. The minimum atomic E-state index is -1.17. The van der Waals surface area contributed by atoms with Gasteiger partial charge in [0.2, 0.25) is 5.91 Å². The van der Waals surface area contributed by atoms with Crippen LogP contribution in [0.2, 0.25) is 0 Å². The maximum Gasteiger partial charge on any atom is 0.305 e. The molecule has 0 heterocycles. The van der Waals surface area contributed by atoms with Crippen molar-refractivity contribution in [1.82, 2.24) is 5.32 Å². The molecule has 0 bridgehead atoms. The summed E-state index contributed by atoms with van der Waals surface area (Å²) in [5.74, 6) is -1.84. The fourth-order valence-electron chi connectivity index (χ4n) is 0.695. The third-order valence-corrected chi connectivity index (χ3v) is 1.45. The molecule has 0 aromatic heterocycles. The van der Waals surface area contributed by atoms with Crippen molar-refractivity contribution < 1.29 is 24.9 Å². The summed E-state index contributed by atoms with van der Waals surface area (Å²) in [5.41, 5.74) is 5.21. The summed E-state index contributed by atoms with van der Waals surface area (Å²) in [5, 5.41) is 27.8. The fourth-order valence-corrected chi connectivity index (χ4v) is 0.695. The Bertz CT molecular complexity index is 208. The van der Waals surface area contributed by atoms with Gasteiger partial charge in [0.25, 0.3) is 0 Å². The molecule has 6 N–H and O–H groups in total.